The molecular weight excluding hydrogens is 276 g/mol. The van der Waals surface area contributed by atoms with Crippen molar-refractivity contribution in [2.45, 2.75) is 25.9 Å². The molecule has 3 rings (SSSR count). The molecule has 1 aliphatic carbocycles. The minimum absolute atomic E-state index is 0.0365. The van der Waals surface area contributed by atoms with Crippen molar-refractivity contribution in [2.75, 3.05) is 26.2 Å². The van der Waals surface area contributed by atoms with Crippen LogP contribution < -0.4 is 5.32 Å². The van der Waals surface area contributed by atoms with Gasteiger partial charge < -0.3 is 15.3 Å². The summed E-state index contributed by atoms with van der Waals surface area (Å²) in [5, 5.41) is 12.5. The largest absolute Gasteiger partial charge is 0.393 e. The summed E-state index contributed by atoms with van der Waals surface area (Å²) in [5.41, 5.74) is 3.52. The van der Waals surface area contributed by atoms with Crippen LogP contribution >= 0.6 is 0 Å². The fraction of sp³-hybridized carbons (Fsp3) is 0.500. The lowest BCUT2D eigenvalue weighted by atomic mass is 10.1. The van der Waals surface area contributed by atoms with Gasteiger partial charge in [-0.05, 0) is 30.9 Å². The first-order chi connectivity index (χ1) is 10.7. The number of aliphatic hydroxyl groups is 1. The van der Waals surface area contributed by atoms with Crippen LogP contribution in [0.25, 0.3) is 5.57 Å². The Bertz CT molecular complexity index is 560. The average Bonchev–Trinajstić information content (AvgIpc) is 3.21. The Morgan fingerprint density at radius 3 is 2.64 bits per heavy atom. The molecule has 4 heteroatoms. The van der Waals surface area contributed by atoms with E-state index in [1.807, 2.05) is 25.1 Å². The quantitative estimate of drug-likeness (QED) is 0.869. The predicted molar refractivity (Wildman–Crippen MR) is 87.2 cm³/mol. The first kappa shape index (κ1) is 15.3. The summed E-state index contributed by atoms with van der Waals surface area (Å²) in [5.74, 6) is 0.0824. The molecule has 0 radical (unpaired) electrons. The topological polar surface area (TPSA) is 52.6 Å². The summed E-state index contributed by atoms with van der Waals surface area (Å²) in [6.45, 7) is 5.43. The van der Waals surface area contributed by atoms with E-state index in [9.17, 15) is 9.90 Å². The Hall–Kier alpha value is -1.65. The van der Waals surface area contributed by atoms with Gasteiger partial charge in [0.05, 0.1) is 12.0 Å². The van der Waals surface area contributed by atoms with Crippen LogP contribution in [0.1, 0.15) is 25.3 Å². The lowest BCUT2D eigenvalue weighted by Crippen LogP contribution is -2.41. The Morgan fingerprint density at radius 1 is 1.27 bits per heavy atom. The molecule has 4 nitrogen and oxygen atoms in total. The number of aliphatic hydroxyl groups excluding tert-OH is 1. The van der Waals surface area contributed by atoms with Crippen molar-refractivity contribution in [1.29, 1.82) is 0 Å². The fourth-order valence-electron chi connectivity index (χ4n) is 3.25. The number of piperidine rings is 1. The zero-order valence-electron chi connectivity index (χ0n) is 13.1. The lowest BCUT2D eigenvalue weighted by molar-refractivity contribution is -0.121. The summed E-state index contributed by atoms with van der Waals surface area (Å²) in [6, 6.07) is 10.1. The highest BCUT2D eigenvalue weighted by atomic mass is 16.3. The van der Waals surface area contributed by atoms with Crippen LogP contribution in [0.2, 0.25) is 0 Å². The standard InChI is InChI=1S/C18H24N2O2/c1-13-16(14-5-3-2-4-6-14)17(13)18(22)19-9-12-20-10-7-15(21)8-11-20/h2-6,15,17,21H,7-12H2,1H3,(H,19,22). The predicted octanol–water partition coefficient (Wildman–Crippen LogP) is 1.66. The van der Waals surface area contributed by atoms with Gasteiger partial charge in [-0.3, -0.25) is 4.79 Å². The molecule has 1 saturated heterocycles. The molecule has 1 unspecified atom stereocenters. The summed E-state index contributed by atoms with van der Waals surface area (Å²) in [7, 11) is 0. The Labute approximate surface area is 131 Å². The van der Waals surface area contributed by atoms with E-state index in [0.29, 0.717) is 6.54 Å². The molecule has 0 spiro atoms. The van der Waals surface area contributed by atoms with E-state index in [0.717, 1.165) is 38.0 Å². The average molecular weight is 300 g/mol. The molecule has 0 bridgehead atoms. The number of nitrogens with one attached hydrogen (secondary N) is 1. The van der Waals surface area contributed by atoms with Gasteiger partial charge in [0.2, 0.25) is 5.91 Å². The van der Waals surface area contributed by atoms with Gasteiger partial charge in [0.1, 0.15) is 0 Å². The number of likely N-dealkylation sites (tertiary alicyclic amines) is 1. The van der Waals surface area contributed by atoms with Gasteiger partial charge in [0.15, 0.2) is 0 Å². The number of hydrogen-bond donors (Lipinski definition) is 2. The maximum atomic E-state index is 12.3. The van der Waals surface area contributed by atoms with E-state index in [-0.39, 0.29) is 17.9 Å². The van der Waals surface area contributed by atoms with E-state index in [1.54, 1.807) is 0 Å². The Balaban J connectivity index is 1.42. The van der Waals surface area contributed by atoms with Gasteiger partial charge in [0.25, 0.3) is 0 Å². The van der Waals surface area contributed by atoms with Crippen LogP contribution in [0, 0.1) is 5.92 Å². The van der Waals surface area contributed by atoms with Crippen molar-refractivity contribution < 1.29 is 9.90 Å². The van der Waals surface area contributed by atoms with Crippen LogP contribution in [0.15, 0.2) is 35.9 Å². The van der Waals surface area contributed by atoms with Crippen LogP contribution in [0.5, 0.6) is 0 Å². The molecule has 1 amide bonds. The molecule has 1 aliphatic heterocycles. The maximum Gasteiger partial charge on any atom is 0.231 e. The molecule has 1 heterocycles. The molecule has 22 heavy (non-hydrogen) atoms. The van der Waals surface area contributed by atoms with E-state index >= 15 is 0 Å². The lowest BCUT2D eigenvalue weighted by Gasteiger charge is -2.29. The summed E-state index contributed by atoms with van der Waals surface area (Å²) in [4.78, 5) is 14.6. The third kappa shape index (κ3) is 3.39. The van der Waals surface area contributed by atoms with Crippen LogP contribution in [0.3, 0.4) is 0 Å². The normalized spacial score (nSPS) is 22.7. The Kier molecular flexibility index (Phi) is 4.60. The number of benzene rings is 1. The highest BCUT2D eigenvalue weighted by molar-refractivity contribution is 6.05. The van der Waals surface area contributed by atoms with Crippen LogP contribution in [-0.2, 0) is 4.79 Å². The number of hydrogen-bond acceptors (Lipinski definition) is 3. The molecule has 0 saturated carbocycles. The third-order valence-corrected chi connectivity index (χ3v) is 4.69. The minimum atomic E-state index is -0.141. The van der Waals surface area contributed by atoms with Gasteiger partial charge >= 0.3 is 0 Å². The SMILES string of the molecule is CC1=C(c2ccccc2)C1C(=O)NCCN1CCC(O)CC1. The molecule has 0 aromatic heterocycles. The monoisotopic (exact) mass is 300 g/mol. The summed E-state index contributed by atoms with van der Waals surface area (Å²) >= 11 is 0. The van der Waals surface area contributed by atoms with E-state index in [2.05, 4.69) is 22.3 Å². The molecule has 2 N–H and O–H groups in total. The first-order valence-corrected chi connectivity index (χ1v) is 8.11. The second-order valence-corrected chi connectivity index (χ2v) is 6.26. The summed E-state index contributed by atoms with van der Waals surface area (Å²) < 4.78 is 0. The van der Waals surface area contributed by atoms with Crippen molar-refractivity contribution in [3.8, 4) is 0 Å². The molecular formula is C18H24N2O2. The number of carbonyl (C=O) groups is 1. The molecule has 1 aromatic rings. The van der Waals surface area contributed by atoms with Crippen molar-refractivity contribution in [1.82, 2.24) is 10.2 Å². The second kappa shape index (κ2) is 6.63. The second-order valence-electron chi connectivity index (χ2n) is 6.26. The molecule has 1 atom stereocenters. The van der Waals surface area contributed by atoms with Crippen molar-refractivity contribution in [3.63, 3.8) is 0 Å². The third-order valence-electron chi connectivity index (χ3n) is 4.69. The van der Waals surface area contributed by atoms with Crippen molar-refractivity contribution in [3.05, 3.63) is 41.5 Å². The molecule has 118 valence electrons. The zero-order chi connectivity index (χ0) is 15.5. The maximum absolute atomic E-state index is 12.3. The number of amides is 1. The van der Waals surface area contributed by atoms with Crippen molar-refractivity contribution in [2.24, 2.45) is 5.92 Å². The first-order valence-electron chi connectivity index (χ1n) is 8.11. The highest BCUT2D eigenvalue weighted by Gasteiger charge is 2.39. The fourth-order valence-corrected chi connectivity index (χ4v) is 3.25. The van der Waals surface area contributed by atoms with Gasteiger partial charge in [-0.15, -0.1) is 0 Å². The van der Waals surface area contributed by atoms with Gasteiger partial charge in [-0.2, -0.15) is 0 Å². The minimum Gasteiger partial charge on any atom is -0.393 e. The number of nitrogens with zero attached hydrogens (tertiary/aromatic N) is 1. The Morgan fingerprint density at radius 2 is 1.95 bits per heavy atom. The van der Waals surface area contributed by atoms with Crippen LogP contribution in [-0.4, -0.2) is 48.2 Å². The summed E-state index contributed by atoms with van der Waals surface area (Å²) in [6.07, 6.45) is 1.54. The van der Waals surface area contributed by atoms with Crippen molar-refractivity contribution >= 4 is 11.5 Å². The molecule has 1 fully saturated rings. The van der Waals surface area contributed by atoms with E-state index in [1.165, 1.54) is 11.1 Å². The van der Waals surface area contributed by atoms with Crippen LogP contribution in [0.4, 0.5) is 0 Å². The van der Waals surface area contributed by atoms with Gasteiger partial charge in [-0.1, -0.05) is 35.9 Å². The number of rotatable bonds is 5. The smallest absolute Gasteiger partial charge is 0.231 e. The highest BCUT2D eigenvalue weighted by Crippen LogP contribution is 2.46. The molecule has 2 aliphatic rings. The number of carbonyl (C=O) groups excluding carboxylic acids is 1. The van der Waals surface area contributed by atoms with Gasteiger partial charge in [-0.25, -0.2) is 0 Å². The zero-order valence-corrected chi connectivity index (χ0v) is 13.1. The van der Waals surface area contributed by atoms with Gasteiger partial charge in [0, 0.05) is 26.2 Å². The molecule has 1 aromatic carbocycles. The van der Waals surface area contributed by atoms with E-state index in [4.69, 9.17) is 0 Å². The van der Waals surface area contributed by atoms with E-state index < -0.39 is 0 Å².